The van der Waals surface area contributed by atoms with Crippen molar-refractivity contribution in [2.75, 3.05) is 11.9 Å². The van der Waals surface area contributed by atoms with Crippen molar-refractivity contribution >= 4 is 28.3 Å². The van der Waals surface area contributed by atoms with E-state index in [-0.39, 0.29) is 13.0 Å². The number of hydrogen-bond donors (Lipinski definition) is 1. The zero-order chi connectivity index (χ0) is 13.5. The van der Waals surface area contributed by atoms with E-state index < -0.39 is 11.9 Å². The maximum absolute atomic E-state index is 11.4. The lowest BCUT2D eigenvalue weighted by Gasteiger charge is -2.04. The molecular formula is C9H10N6O3S. The molecule has 0 atom stereocenters. The fourth-order valence-electron chi connectivity index (χ4n) is 1.15. The van der Waals surface area contributed by atoms with Crippen LogP contribution in [0.2, 0.25) is 0 Å². The summed E-state index contributed by atoms with van der Waals surface area (Å²) in [6.45, 7) is -0.0338. The average molecular weight is 282 g/mol. The van der Waals surface area contributed by atoms with Crippen molar-refractivity contribution in [2.45, 2.75) is 13.0 Å². The van der Waals surface area contributed by atoms with Gasteiger partial charge in [0.15, 0.2) is 11.7 Å². The molecule has 0 spiro atoms. The van der Waals surface area contributed by atoms with Gasteiger partial charge in [-0.05, 0) is 10.4 Å². The van der Waals surface area contributed by atoms with Crippen LogP contribution in [0.5, 0.6) is 0 Å². The molecule has 10 heteroatoms. The summed E-state index contributed by atoms with van der Waals surface area (Å²) in [6.07, 6.45) is 3.05. The Balaban J connectivity index is 1.64. The van der Waals surface area contributed by atoms with Crippen molar-refractivity contribution in [3.05, 3.63) is 17.9 Å². The van der Waals surface area contributed by atoms with Crippen LogP contribution in [0.15, 0.2) is 17.9 Å². The van der Waals surface area contributed by atoms with Gasteiger partial charge in [0.1, 0.15) is 6.33 Å². The van der Waals surface area contributed by atoms with Crippen molar-refractivity contribution in [1.82, 2.24) is 25.2 Å². The van der Waals surface area contributed by atoms with Gasteiger partial charge >= 0.3 is 5.97 Å². The summed E-state index contributed by atoms with van der Waals surface area (Å²) in [5, 5.41) is 15.1. The van der Waals surface area contributed by atoms with E-state index in [1.807, 2.05) is 0 Å². The Bertz CT molecular complexity index is 526. The highest BCUT2D eigenvalue weighted by molar-refractivity contribution is 7.13. The number of carbonyl (C=O) groups excluding carboxylic acids is 2. The summed E-state index contributed by atoms with van der Waals surface area (Å²) in [5.41, 5.74) is 0. The molecule has 0 unspecified atom stereocenters. The number of rotatable bonds is 6. The van der Waals surface area contributed by atoms with Crippen LogP contribution < -0.4 is 5.32 Å². The van der Waals surface area contributed by atoms with Gasteiger partial charge in [0.25, 0.3) is 5.91 Å². The predicted octanol–water partition coefficient (Wildman–Crippen LogP) is -0.298. The number of anilines is 1. The van der Waals surface area contributed by atoms with Crippen molar-refractivity contribution in [3.63, 3.8) is 0 Å². The summed E-state index contributed by atoms with van der Waals surface area (Å²) >= 11 is 1.29. The van der Waals surface area contributed by atoms with E-state index in [0.29, 0.717) is 11.7 Å². The molecule has 100 valence electrons. The van der Waals surface area contributed by atoms with Gasteiger partial charge in [-0.25, -0.2) is 9.67 Å². The Labute approximate surface area is 111 Å². The first-order chi connectivity index (χ1) is 9.24. The molecule has 1 N–H and O–H groups in total. The molecule has 2 aromatic heterocycles. The van der Waals surface area contributed by atoms with Crippen LogP contribution in [0.1, 0.15) is 6.42 Å². The van der Waals surface area contributed by atoms with Crippen LogP contribution in [-0.2, 0) is 20.9 Å². The SMILES string of the molecule is O=C(COC(=O)CCn1cnnn1)Nc1nccs1. The standard InChI is InChI=1S/C9H10N6O3S/c16-7(12-9-10-2-4-19-9)5-18-8(17)1-3-15-6-11-13-14-15/h2,4,6H,1,3,5H2,(H,10,12,16). The molecule has 2 aromatic rings. The minimum Gasteiger partial charge on any atom is -0.456 e. The number of aromatic nitrogens is 5. The van der Waals surface area contributed by atoms with Crippen molar-refractivity contribution < 1.29 is 14.3 Å². The van der Waals surface area contributed by atoms with Gasteiger partial charge in [-0.15, -0.1) is 16.4 Å². The molecule has 0 aliphatic carbocycles. The summed E-state index contributed by atoms with van der Waals surface area (Å²) in [6, 6.07) is 0. The van der Waals surface area contributed by atoms with Crippen LogP contribution in [0.3, 0.4) is 0 Å². The van der Waals surface area contributed by atoms with Crippen molar-refractivity contribution in [3.8, 4) is 0 Å². The van der Waals surface area contributed by atoms with Crippen LogP contribution in [0.25, 0.3) is 0 Å². The molecule has 0 aliphatic rings. The zero-order valence-electron chi connectivity index (χ0n) is 9.72. The van der Waals surface area contributed by atoms with E-state index in [1.54, 1.807) is 11.6 Å². The molecule has 0 aromatic carbocycles. The number of esters is 1. The molecular weight excluding hydrogens is 272 g/mol. The Morgan fingerprint density at radius 1 is 1.47 bits per heavy atom. The van der Waals surface area contributed by atoms with Gasteiger partial charge in [-0.2, -0.15) is 0 Å². The first kappa shape index (κ1) is 13.1. The first-order valence-electron chi connectivity index (χ1n) is 5.30. The second-order valence-corrected chi connectivity index (χ2v) is 4.26. The average Bonchev–Trinajstić information content (AvgIpc) is 3.06. The smallest absolute Gasteiger partial charge is 0.308 e. The molecule has 2 heterocycles. The summed E-state index contributed by atoms with van der Waals surface area (Å²) in [5.74, 6) is -0.921. The Hall–Kier alpha value is -2.36. The minimum atomic E-state index is -0.496. The molecule has 0 saturated carbocycles. The largest absolute Gasteiger partial charge is 0.456 e. The maximum Gasteiger partial charge on any atom is 0.308 e. The lowest BCUT2D eigenvalue weighted by Crippen LogP contribution is -2.21. The summed E-state index contributed by atoms with van der Waals surface area (Å²) in [7, 11) is 0. The number of aryl methyl sites for hydroxylation is 1. The lowest BCUT2D eigenvalue weighted by molar-refractivity contribution is -0.147. The van der Waals surface area contributed by atoms with Gasteiger partial charge < -0.3 is 4.74 Å². The molecule has 0 fully saturated rings. The minimum absolute atomic E-state index is 0.0928. The molecule has 0 saturated heterocycles. The number of nitrogens with zero attached hydrogens (tertiary/aromatic N) is 5. The van der Waals surface area contributed by atoms with E-state index in [9.17, 15) is 9.59 Å². The van der Waals surface area contributed by atoms with Crippen LogP contribution in [-0.4, -0.2) is 43.7 Å². The number of hydrogen-bond acceptors (Lipinski definition) is 8. The van der Waals surface area contributed by atoms with E-state index in [1.165, 1.54) is 22.3 Å². The molecule has 0 bridgehead atoms. The third-order valence-electron chi connectivity index (χ3n) is 1.98. The number of tetrazole rings is 1. The van der Waals surface area contributed by atoms with Crippen LogP contribution >= 0.6 is 11.3 Å². The molecule has 2 rings (SSSR count). The lowest BCUT2D eigenvalue weighted by atomic mass is 10.4. The number of ether oxygens (including phenoxy) is 1. The first-order valence-corrected chi connectivity index (χ1v) is 6.18. The molecule has 0 aliphatic heterocycles. The van der Waals surface area contributed by atoms with Crippen LogP contribution in [0, 0.1) is 0 Å². The maximum atomic E-state index is 11.4. The van der Waals surface area contributed by atoms with Gasteiger partial charge in [0.2, 0.25) is 0 Å². The highest BCUT2D eigenvalue weighted by Gasteiger charge is 2.09. The van der Waals surface area contributed by atoms with Gasteiger partial charge in [-0.1, -0.05) is 0 Å². The monoisotopic (exact) mass is 282 g/mol. The number of thiazole rings is 1. The fraction of sp³-hybridized carbons (Fsp3) is 0.333. The third kappa shape index (κ3) is 4.43. The summed E-state index contributed by atoms with van der Waals surface area (Å²) < 4.78 is 6.19. The van der Waals surface area contributed by atoms with Crippen molar-refractivity contribution in [2.24, 2.45) is 0 Å². The van der Waals surface area contributed by atoms with Crippen LogP contribution in [0.4, 0.5) is 5.13 Å². The predicted molar refractivity (Wildman–Crippen MR) is 64.1 cm³/mol. The molecule has 0 radical (unpaired) electrons. The third-order valence-corrected chi connectivity index (χ3v) is 2.67. The summed E-state index contributed by atoms with van der Waals surface area (Å²) in [4.78, 5) is 26.6. The molecule has 9 nitrogen and oxygen atoms in total. The zero-order valence-corrected chi connectivity index (χ0v) is 10.5. The molecule has 1 amide bonds. The number of nitrogens with one attached hydrogen (secondary N) is 1. The van der Waals surface area contributed by atoms with Gasteiger partial charge in [-0.3, -0.25) is 14.9 Å². The topological polar surface area (TPSA) is 112 Å². The second kappa shape index (κ2) is 6.54. The number of carbonyl (C=O) groups is 2. The highest BCUT2D eigenvalue weighted by Crippen LogP contribution is 2.09. The second-order valence-electron chi connectivity index (χ2n) is 3.37. The molecule has 19 heavy (non-hydrogen) atoms. The van der Waals surface area contributed by atoms with Gasteiger partial charge in [0.05, 0.1) is 13.0 Å². The van der Waals surface area contributed by atoms with E-state index in [2.05, 4.69) is 25.8 Å². The number of amides is 1. The van der Waals surface area contributed by atoms with E-state index >= 15 is 0 Å². The van der Waals surface area contributed by atoms with E-state index in [0.717, 1.165) is 0 Å². The van der Waals surface area contributed by atoms with Crippen molar-refractivity contribution in [1.29, 1.82) is 0 Å². The Kier molecular flexibility index (Phi) is 4.50. The normalized spacial score (nSPS) is 10.1. The Morgan fingerprint density at radius 3 is 3.05 bits per heavy atom. The highest BCUT2D eigenvalue weighted by atomic mass is 32.1. The Morgan fingerprint density at radius 2 is 2.37 bits per heavy atom. The van der Waals surface area contributed by atoms with E-state index in [4.69, 9.17) is 4.74 Å². The van der Waals surface area contributed by atoms with Gasteiger partial charge in [0, 0.05) is 11.6 Å². The fourth-order valence-corrected chi connectivity index (χ4v) is 1.69. The quantitative estimate of drug-likeness (QED) is 0.724.